The standard InChI is InChI=1S/C19H17N5S/c1-13-7-6-10-16(21-13)22-19-23-17(15-8-4-3-5-9-15)18(25-19)24-12-11-20-14(24)2/h3-12H,1-2H3,(H,21,22,23). The molecular weight excluding hydrogens is 330 g/mol. The van der Waals surface area contributed by atoms with Crippen molar-refractivity contribution < 1.29 is 0 Å². The molecule has 0 atom stereocenters. The molecule has 6 heteroatoms. The van der Waals surface area contributed by atoms with Crippen LogP contribution in [-0.4, -0.2) is 19.5 Å². The Bertz CT molecular complexity index is 1000. The van der Waals surface area contributed by atoms with E-state index in [-0.39, 0.29) is 0 Å². The Hall–Kier alpha value is -2.99. The van der Waals surface area contributed by atoms with Gasteiger partial charge in [0.15, 0.2) is 5.13 Å². The molecule has 1 N–H and O–H groups in total. The number of nitrogens with one attached hydrogen (secondary N) is 1. The fourth-order valence-corrected chi connectivity index (χ4v) is 3.65. The van der Waals surface area contributed by atoms with Gasteiger partial charge in [0.1, 0.15) is 22.3 Å². The van der Waals surface area contributed by atoms with Crippen molar-refractivity contribution in [3.8, 4) is 16.3 Å². The smallest absolute Gasteiger partial charge is 0.190 e. The number of imidazole rings is 1. The van der Waals surface area contributed by atoms with Gasteiger partial charge in [-0.3, -0.25) is 4.57 Å². The van der Waals surface area contributed by atoms with Crippen molar-refractivity contribution in [3.63, 3.8) is 0 Å². The van der Waals surface area contributed by atoms with Crippen molar-refractivity contribution in [1.82, 2.24) is 19.5 Å². The van der Waals surface area contributed by atoms with Gasteiger partial charge >= 0.3 is 0 Å². The number of aryl methyl sites for hydroxylation is 2. The van der Waals surface area contributed by atoms with Gasteiger partial charge in [-0.1, -0.05) is 47.7 Å². The number of pyridine rings is 1. The second kappa shape index (κ2) is 6.49. The van der Waals surface area contributed by atoms with Gasteiger partial charge in [0, 0.05) is 23.7 Å². The third-order valence-electron chi connectivity index (χ3n) is 3.82. The van der Waals surface area contributed by atoms with Gasteiger partial charge in [-0.05, 0) is 26.0 Å². The van der Waals surface area contributed by atoms with Crippen LogP contribution in [0.4, 0.5) is 10.9 Å². The first-order chi connectivity index (χ1) is 12.2. The summed E-state index contributed by atoms with van der Waals surface area (Å²) in [5.74, 6) is 1.73. The number of anilines is 2. The quantitative estimate of drug-likeness (QED) is 0.579. The molecule has 0 aliphatic heterocycles. The van der Waals surface area contributed by atoms with Crippen molar-refractivity contribution in [2.75, 3.05) is 5.32 Å². The van der Waals surface area contributed by atoms with Crippen LogP contribution in [0.15, 0.2) is 60.9 Å². The Morgan fingerprint density at radius 1 is 0.960 bits per heavy atom. The number of thiazole rings is 1. The third-order valence-corrected chi connectivity index (χ3v) is 4.79. The number of benzene rings is 1. The molecule has 1 aromatic carbocycles. The fraction of sp³-hybridized carbons (Fsp3) is 0.105. The van der Waals surface area contributed by atoms with E-state index in [0.29, 0.717) is 0 Å². The third kappa shape index (κ3) is 3.16. The van der Waals surface area contributed by atoms with Gasteiger partial charge in [0.05, 0.1) is 0 Å². The highest BCUT2D eigenvalue weighted by Crippen LogP contribution is 2.35. The van der Waals surface area contributed by atoms with Crippen LogP contribution in [0.2, 0.25) is 0 Å². The molecule has 4 rings (SSSR count). The van der Waals surface area contributed by atoms with Crippen LogP contribution < -0.4 is 5.32 Å². The highest BCUT2D eigenvalue weighted by molar-refractivity contribution is 7.18. The summed E-state index contributed by atoms with van der Waals surface area (Å²) in [5, 5.41) is 5.16. The average Bonchev–Trinajstić information content (AvgIpc) is 3.21. The van der Waals surface area contributed by atoms with Crippen LogP contribution in [0.25, 0.3) is 16.3 Å². The van der Waals surface area contributed by atoms with Crippen LogP contribution >= 0.6 is 11.3 Å². The first-order valence-electron chi connectivity index (χ1n) is 7.98. The molecular formula is C19H17N5S. The molecule has 25 heavy (non-hydrogen) atoms. The zero-order valence-electron chi connectivity index (χ0n) is 14.0. The van der Waals surface area contributed by atoms with E-state index in [9.17, 15) is 0 Å². The second-order valence-electron chi connectivity index (χ2n) is 5.67. The zero-order chi connectivity index (χ0) is 17.2. The van der Waals surface area contributed by atoms with Crippen molar-refractivity contribution in [3.05, 3.63) is 72.4 Å². The van der Waals surface area contributed by atoms with E-state index in [4.69, 9.17) is 4.98 Å². The van der Waals surface area contributed by atoms with Crippen molar-refractivity contribution in [1.29, 1.82) is 0 Å². The molecule has 0 spiro atoms. The molecule has 4 aromatic rings. The number of rotatable bonds is 4. The van der Waals surface area contributed by atoms with E-state index in [1.165, 1.54) is 0 Å². The minimum absolute atomic E-state index is 0.794. The molecule has 0 fully saturated rings. The van der Waals surface area contributed by atoms with Gasteiger partial charge in [0.25, 0.3) is 0 Å². The van der Waals surface area contributed by atoms with Crippen molar-refractivity contribution in [2.45, 2.75) is 13.8 Å². The lowest BCUT2D eigenvalue weighted by Gasteiger charge is -2.04. The minimum atomic E-state index is 0.794. The molecule has 0 saturated heterocycles. The maximum Gasteiger partial charge on any atom is 0.190 e. The lowest BCUT2D eigenvalue weighted by molar-refractivity contribution is 0.991. The summed E-state index contributed by atoms with van der Waals surface area (Å²) in [6, 6.07) is 16.1. The average molecular weight is 347 g/mol. The summed E-state index contributed by atoms with van der Waals surface area (Å²) in [5.41, 5.74) is 2.98. The molecule has 124 valence electrons. The molecule has 0 aliphatic rings. The number of aromatic nitrogens is 4. The van der Waals surface area contributed by atoms with E-state index in [1.54, 1.807) is 17.5 Å². The summed E-state index contributed by atoms with van der Waals surface area (Å²) in [7, 11) is 0. The summed E-state index contributed by atoms with van der Waals surface area (Å²) in [4.78, 5) is 13.7. The van der Waals surface area contributed by atoms with Gasteiger partial charge in [-0.15, -0.1) is 0 Å². The summed E-state index contributed by atoms with van der Waals surface area (Å²) in [6.07, 6.45) is 3.77. The Morgan fingerprint density at radius 3 is 2.52 bits per heavy atom. The van der Waals surface area contributed by atoms with E-state index >= 15 is 0 Å². The Morgan fingerprint density at radius 2 is 1.80 bits per heavy atom. The lowest BCUT2D eigenvalue weighted by atomic mass is 10.2. The largest absolute Gasteiger partial charge is 0.316 e. The maximum absolute atomic E-state index is 4.82. The monoisotopic (exact) mass is 347 g/mol. The van der Waals surface area contributed by atoms with Gasteiger partial charge in [-0.25, -0.2) is 15.0 Å². The normalized spacial score (nSPS) is 10.8. The highest BCUT2D eigenvalue weighted by Gasteiger charge is 2.16. The van der Waals surface area contributed by atoms with E-state index in [0.717, 1.165) is 38.7 Å². The Kier molecular flexibility index (Phi) is 4.03. The number of nitrogens with zero attached hydrogens (tertiary/aromatic N) is 4. The van der Waals surface area contributed by atoms with Crippen LogP contribution in [0, 0.1) is 13.8 Å². The topological polar surface area (TPSA) is 55.6 Å². The predicted molar refractivity (Wildman–Crippen MR) is 102 cm³/mol. The molecule has 0 amide bonds. The molecule has 3 aromatic heterocycles. The molecule has 0 radical (unpaired) electrons. The highest BCUT2D eigenvalue weighted by atomic mass is 32.1. The maximum atomic E-state index is 4.82. The van der Waals surface area contributed by atoms with Crippen LogP contribution in [-0.2, 0) is 0 Å². The van der Waals surface area contributed by atoms with E-state index in [1.807, 2.05) is 56.4 Å². The SMILES string of the molecule is Cc1cccc(Nc2nc(-c3ccccc3)c(-n3ccnc3C)s2)n1. The Labute approximate surface area is 150 Å². The van der Waals surface area contributed by atoms with Gasteiger partial charge in [0.2, 0.25) is 0 Å². The molecule has 0 bridgehead atoms. The number of hydrogen-bond donors (Lipinski definition) is 1. The molecule has 0 aliphatic carbocycles. The molecule has 0 saturated carbocycles. The van der Waals surface area contributed by atoms with E-state index in [2.05, 4.69) is 32.0 Å². The second-order valence-corrected chi connectivity index (χ2v) is 6.65. The molecule has 0 unspecified atom stereocenters. The molecule has 3 heterocycles. The van der Waals surface area contributed by atoms with Crippen LogP contribution in [0.3, 0.4) is 0 Å². The molecule has 5 nitrogen and oxygen atoms in total. The van der Waals surface area contributed by atoms with Crippen LogP contribution in [0.1, 0.15) is 11.5 Å². The zero-order valence-corrected chi connectivity index (χ0v) is 14.8. The van der Waals surface area contributed by atoms with Crippen molar-refractivity contribution >= 4 is 22.3 Å². The number of hydrogen-bond acceptors (Lipinski definition) is 5. The van der Waals surface area contributed by atoms with Crippen LogP contribution in [0.5, 0.6) is 0 Å². The fourth-order valence-electron chi connectivity index (χ4n) is 2.63. The van der Waals surface area contributed by atoms with Gasteiger partial charge < -0.3 is 5.32 Å². The first kappa shape index (κ1) is 15.5. The van der Waals surface area contributed by atoms with Gasteiger partial charge in [-0.2, -0.15) is 0 Å². The summed E-state index contributed by atoms with van der Waals surface area (Å²) in [6.45, 7) is 3.96. The Balaban J connectivity index is 1.80. The lowest BCUT2D eigenvalue weighted by Crippen LogP contribution is -1.95. The minimum Gasteiger partial charge on any atom is -0.316 e. The summed E-state index contributed by atoms with van der Waals surface area (Å²) >= 11 is 1.59. The van der Waals surface area contributed by atoms with E-state index < -0.39 is 0 Å². The predicted octanol–water partition coefficient (Wildman–Crippen LogP) is 4.75. The van der Waals surface area contributed by atoms with Crippen molar-refractivity contribution in [2.24, 2.45) is 0 Å². The summed E-state index contributed by atoms with van der Waals surface area (Å²) < 4.78 is 2.06. The first-order valence-corrected chi connectivity index (χ1v) is 8.79.